The molecule has 1 atom stereocenters. The van der Waals surface area contributed by atoms with Gasteiger partial charge in [-0.05, 0) is 30.5 Å². The molecule has 0 saturated carbocycles. The van der Waals surface area contributed by atoms with Crippen molar-refractivity contribution in [2.75, 3.05) is 19.6 Å². The zero-order valence-electron chi connectivity index (χ0n) is 13.8. The molecule has 2 aromatic rings. The highest BCUT2D eigenvalue weighted by Crippen LogP contribution is 2.25. The van der Waals surface area contributed by atoms with Crippen LogP contribution in [0.5, 0.6) is 0 Å². The minimum absolute atomic E-state index is 0.0565. The number of hydrogen-bond acceptors (Lipinski definition) is 6. The maximum atomic E-state index is 12.8. The van der Waals surface area contributed by atoms with E-state index in [2.05, 4.69) is 21.3 Å². The van der Waals surface area contributed by atoms with Gasteiger partial charge in [-0.15, -0.1) is 0 Å². The fourth-order valence-electron chi connectivity index (χ4n) is 2.81. The summed E-state index contributed by atoms with van der Waals surface area (Å²) in [5.74, 6) is -0.124. The average Bonchev–Trinajstić information content (AvgIpc) is 3.09. The van der Waals surface area contributed by atoms with Crippen LogP contribution < -0.4 is 10.3 Å². The summed E-state index contributed by atoms with van der Waals surface area (Å²) in [6.45, 7) is 3.87. The van der Waals surface area contributed by atoms with Gasteiger partial charge in [0.05, 0.1) is 22.1 Å². The molecule has 2 heterocycles. The lowest BCUT2D eigenvalue weighted by molar-refractivity contribution is 0.455. The molecule has 1 aliphatic heterocycles. The standard InChI is InChI=1S/C15H18N4O5S2/c1-2-25(21,22)17-8-11-5-6-19(10-11)26(23,24)12-3-4-13-14(7-12)18-15(20)9-16-13/h2-4,7,9,11,17H,1,5-6,8,10H2,(H,18,20). The predicted molar refractivity (Wildman–Crippen MR) is 96.3 cm³/mol. The maximum absolute atomic E-state index is 12.8. The number of nitrogens with one attached hydrogen (secondary N) is 2. The Labute approximate surface area is 150 Å². The van der Waals surface area contributed by atoms with Gasteiger partial charge in [-0.1, -0.05) is 6.58 Å². The zero-order chi connectivity index (χ0) is 18.9. The third-order valence-corrected chi connectivity index (χ3v) is 7.09. The third kappa shape index (κ3) is 3.85. The molecule has 0 aliphatic carbocycles. The molecular weight excluding hydrogens is 380 g/mol. The molecule has 0 bridgehead atoms. The number of H-pyrrole nitrogens is 1. The molecule has 1 fully saturated rings. The van der Waals surface area contributed by atoms with Gasteiger partial charge in [0.1, 0.15) is 0 Å². The van der Waals surface area contributed by atoms with Crippen LogP contribution in [0.1, 0.15) is 6.42 Å². The molecule has 1 saturated heterocycles. The highest BCUT2D eigenvalue weighted by molar-refractivity contribution is 7.92. The van der Waals surface area contributed by atoms with Crippen LogP contribution in [0.25, 0.3) is 11.0 Å². The van der Waals surface area contributed by atoms with E-state index >= 15 is 0 Å². The van der Waals surface area contributed by atoms with Gasteiger partial charge in [-0.3, -0.25) is 4.79 Å². The fourth-order valence-corrected chi connectivity index (χ4v) is 4.95. The smallest absolute Gasteiger partial charge is 0.266 e. The van der Waals surface area contributed by atoms with Crippen molar-refractivity contribution in [3.63, 3.8) is 0 Å². The summed E-state index contributed by atoms with van der Waals surface area (Å²) in [4.78, 5) is 17.9. The molecule has 1 aliphatic rings. The second kappa shape index (κ2) is 6.91. The summed E-state index contributed by atoms with van der Waals surface area (Å²) < 4.78 is 52.2. The lowest BCUT2D eigenvalue weighted by Gasteiger charge is -2.17. The molecule has 9 nitrogen and oxygen atoms in total. The first-order chi connectivity index (χ1) is 12.2. The van der Waals surface area contributed by atoms with Crippen molar-refractivity contribution < 1.29 is 16.8 Å². The lowest BCUT2D eigenvalue weighted by atomic mass is 10.1. The summed E-state index contributed by atoms with van der Waals surface area (Å²) >= 11 is 0. The molecule has 1 aromatic carbocycles. The molecule has 0 radical (unpaired) electrons. The van der Waals surface area contributed by atoms with Crippen molar-refractivity contribution in [3.05, 3.63) is 46.7 Å². The van der Waals surface area contributed by atoms with E-state index < -0.39 is 25.6 Å². The van der Waals surface area contributed by atoms with Gasteiger partial charge < -0.3 is 4.98 Å². The predicted octanol–water partition coefficient (Wildman–Crippen LogP) is -0.00340. The molecule has 2 N–H and O–H groups in total. The molecule has 11 heteroatoms. The number of fused-ring (bicyclic) bond motifs is 1. The highest BCUT2D eigenvalue weighted by Gasteiger charge is 2.33. The van der Waals surface area contributed by atoms with E-state index in [-0.39, 0.29) is 23.9 Å². The van der Waals surface area contributed by atoms with Crippen LogP contribution in [0, 0.1) is 5.92 Å². The Kier molecular flexibility index (Phi) is 4.97. The van der Waals surface area contributed by atoms with E-state index in [1.807, 2.05) is 0 Å². The topological polar surface area (TPSA) is 129 Å². The molecular formula is C15H18N4O5S2. The minimum atomic E-state index is -3.75. The largest absolute Gasteiger partial charge is 0.319 e. The summed E-state index contributed by atoms with van der Waals surface area (Å²) in [5, 5.41) is 0.820. The Balaban J connectivity index is 1.78. The van der Waals surface area contributed by atoms with Crippen molar-refractivity contribution in [3.8, 4) is 0 Å². The number of nitrogens with zero attached hydrogens (tertiary/aromatic N) is 2. The quantitative estimate of drug-likeness (QED) is 0.704. The number of aromatic amines is 1. The van der Waals surface area contributed by atoms with Gasteiger partial charge >= 0.3 is 0 Å². The van der Waals surface area contributed by atoms with Crippen molar-refractivity contribution in [2.24, 2.45) is 5.92 Å². The Hall–Kier alpha value is -2.08. The van der Waals surface area contributed by atoms with Crippen molar-refractivity contribution in [1.29, 1.82) is 0 Å². The van der Waals surface area contributed by atoms with Gasteiger partial charge in [0.25, 0.3) is 5.56 Å². The van der Waals surface area contributed by atoms with Gasteiger partial charge in [0, 0.05) is 25.0 Å². The van der Waals surface area contributed by atoms with Gasteiger partial charge in [0.2, 0.25) is 20.0 Å². The summed E-state index contributed by atoms with van der Waals surface area (Å²) in [7, 11) is -7.28. The number of hydrogen-bond donors (Lipinski definition) is 2. The van der Waals surface area contributed by atoms with E-state index in [1.165, 1.54) is 22.5 Å². The van der Waals surface area contributed by atoms with Gasteiger partial charge in [0.15, 0.2) is 0 Å². The first-order valence-electron chi connectivity index (χ1n) is 7.82. The van der Waals surface area contributed by atoms with Crippen LogP contribution in [0.4, 0.5) is 0 Å². The molecule has 0 spiro atoms. The number of aromatic nitrogens is 2. The van der Waals surface area contributed by atoms with Crippen LogP contribution >= 0.6 is 0 Å². The van der Waals surface area contributed by atoms with Crippen molar-refractivity contribution in [2.45, 2.75) is 11.3 Å². The summed E-state index contributed by atoms with van der Waals surface area (Å²) in [5.41, 5.74) is 0.414. The van der Waals surface area contributed by atoms with E-state index in [0.29, 0.717) is 24.0 Å². The molecule has 1 unspecified atom stereocenters. The molecule has 3 rings (SSSR count). The lowest BCUT2D eigenvalue weighted by Crippen LogP contribution is -2.32. The fraction of sp³-hybridized carbons (Fsp3) is 0.333. The van der Waals surface area contributed by atoms with Gasteiger partial charge in [-0.25, -0.2) is 26.5 Å². The van der Waals surface area contributed by atoms with Crippen LogP contribution in [0.2, 0.25) is 0 Å². The second-order valence-corrected chi connectivity index (χ2v) is 9.65. The third-order valence-electron chi connectivity index (χ3n) is 4.23. The van der Waals surface area contributed by atoms with E-state index in [4.69, 9.17) is 0 Å². The van der Waals surface area contributed by atoms with E-state index in [0.717, 1.165) is 11.6 Å². The minimum Gasteiger partial charge on any atom is -0.319 e. The van der Waals surface area contributed by atoms with Crippen LogP contribution in [0.15, 0.2) is 46.1 Å². The number of sulfonamides is 2. The SMILES string of the molecule is C=CS(=O)(=O)NCC1CCN(S(=O)(=O)c2ccc3ncc(=O)[nH]c3c2)C1. The van der Waals surface area contributed by atoms with Crippen LogP contribution in [-0.4, -0.2) is 50.7 Å². The van der Waals surface area contributed by atoms with E-state index in [9.17, 15) is 21.6 Å². The monoisotopic (exact) mass is 398 g/mol. The first kappa shape index (κ1) is 18.7. The Morgan fingerprint density at radius 3 is 2.85 bits per heavy atom. The Morgan fingerprint density at radius 2 is 2.12 bits per heavy atom. The highest BCUT2D eigenvalue weighted by atomic mass is 32.2. The van der Waals surface area contributed by atoms with Crippen LogP contribution in [0.3, 0.4) is 0 Å². The van der Waals surface area contributed by atoms with Crippen molar-refractivity contribution in [1.82, 2.24) is 19.0 Å². The number of rotatable bonds is 6. The summed E-state index contributed by atoms with van der Waals surface area (Å²) in [6.07, 6.45) is 1.68. The zero-order valence-corrected chi connectivity index (χ0v) is 15.4. The number of benzene rings is 1. The molecule has 1 aromatic heterocycles. The van der Waals surface area contributed by atoms with E-state index in [1.54, 1.807) is 0 Å². The summed E-state index contributed by atoms with van der Waals surface area (Å²) in [6, 6.07) is 4.35. The van der Waals surface area contributed by atoms with Crippen molar-refractivity contribution >= 4 is 31.1 Å². The van der Waals surface area contributed by atoms with Crippen LogP contribution in [-0.2, 0) is 20.0 Å². The molecule has 0 amide bonds. The maximum Gasteiger partial charge on any atom is 0.266 e. The Bertz CT molecular complexity index is 1110. The molecule has 140 valence electrons. The first-order valence-corrected chi connectivity index (χ1v) is 10.8. The van der Waals surface area contributed by atoms with Gasteiger partial charge in [-0.2, -0.15) is 4.31 Å². The Morgan fingerprint density at radius 1 is 1.35 bits per heavy atom. The average molecular weight is 398 g/mol. The molecule has 26 heavy (non-hydrogen) atoms. The normalized spacial score (nSPS) is 19.0. The second-order valence-electron chi connectivity index (χ2n) is 6.00.